The summed E-state index contributed by atoms with van der Waals surface area (Å²) in [5.74, 6) is -1.26. The van der Waals surface area contributed by atoms with E-state index in [9.17, 15) is 20.1 Å². The van der Waals surface area contributed by atoms with Gasteiger partial charge in [0.25, 0.3) is 0 Å². The molecule has 0 aromatic rings. The normalized spacial score (nSPS) is 38.2. The molecule has 18 heavy (non-hydrogen) atoms. The Hall–Kier alpha value is -0.810. The van der Waals surface area contributed by atoms with Gasteiger partial charge in [-0.25, -0.2) is 4.79 Å². The van der Waals surface area contributed by atoms with E-state index >= 15 is 0 Å². The number of carbonyl (C=O) groups is 1. The lowest BCUT2D eigenvalue weighted by molar-refractivity contribution is -0.294. The van der Waals surface area contributed by atoms with Gasteiger partial charge in [0.2, 0.25) is 6.29 Å². The van der Waals surface area contributed by atoms with Gasteiger partial charge in [0.05, 0.1) is 13.2 Å². The Morgan fingerprint density at radius 2 is 1.78 bits per heavy atom. The molecule has 6 atom stereocenters. The first kappa shape index (κ1) is 15.2. The number of ether oxygens (including phenoxy) is 2. The van der Waals surface area contributed by atoms with Crippen LogP contribution >= 0.6 is 0 Å². The van der Waals surface area contributed by atoms with Crippen LogP contribution in [0.4, 0.5) is 0 Å². The Labute approximate surface area is 102 Å². The van der Waals surface area contributed by atoms with E-state index in [0.29, 0.717) is 0 Å². The Morgan fingerprint density at radius 1 is 1.17 bits per heavy atom. The van der Waals surface area contributed by atoms with Crippen LogP contribution in [-0.4, -0.2) is 86.6 Å². The minimum absolute atomic E-state index is 0.665. The van der Waals surface area contributed by atoms with Crippen molar-refractivity contribution in [1.29, 1.82) is 0 Å². The fraction of sp³-hybridized carbons (Fsp3) is 0.889. The van der Waals surface area contributed by atoms with E-state index in [1.807, 2.05) is 0 Å². The highest BCUT2D eigenvalue weighted by molar-refractivity contribution is 5.74. The van der Waals surface area contributed by atoms with Crippen LogP contribution in [0.25, 0.3) is 0 Å². The average molecular weight is 268 g/mol. The lowest BCUT2D eigenvalue weighted by atomic mass is 9.99. The molecule has 0 aromatic carbocycles. The third-order valence-electron chi connectivity index (χ3n) is 2.53. The van der Waals surface area contributed by atoms with Crippen LogP contribution in [-0.2, 0) is 14.3 Å². The molecular formula is C9H16O9. The maximum Gasteiger partial charge on any atom is 0.339 e. The van der Waals surface area contributed by atoms with Crippen molar-refractivity contribution in [3.8, 4) is 0 Å². The lowest BCUT2D eigenvalue weighted by Crippen LogP contribution is -2.59. The van der Waals surface area contributed by atoms with Crippen molar-refractivity contribution in [2.75, 3.05) is 13.2 Å². The summed E-state index contributed by atoms with van der Waals surface area (Å²) in [4.78, 5) is 11.1. The van der Waals surface area contributed by atoms with Crippen LogP contribution in [0, 0.1) is 0 Å². The molecule has 1 aliphatic rings. The second kappa shape index (κ2) is 6.38. The van der Waals surface area contributed by atoms with Crippen molar-refractivity contribution in [2.45, 2.75) is 36.8 Å². The summed E-state index contributed by atoms with van der Waals surface area (Å²) in [5, 5.41) is 54.6. The van der Waals surface area contributed by atoms with Crippen LogP contribution in [0.5, 0.6) is 0 Å². The molecule has 9 nitrogen and oxygen atoms in total. The van der Waals surface area contributed by atoms with E-state index in [1.54, 1.807) is 0 Å². The van der Waals surface area contributed by atoms with Crippen molar-refractivity contribution < 1.29 is 44.9 Å². The van der Waals surface area contributed by atoms with Gasteiger partial charge >= 0.3 is 5.97 Å². The number of carbonyl (C=O) groups excluding carboxylic acids is 1. The van der Waals surface area contributed by atoms with Crippen molar-refractivity contribution in [3.05, 3.63) is 0 Å². The van der Waals surface area contributed by atoms with Gasteiger partial charge in [-0.3, -0.25) is 0 Å². The van der Waals surface area contributed by atoms with E-state index in [2.05, 4.69) is 4.74 Å². The molecule has 0 radical (unpaired) electrons. The molecule has 1 fully saturated rings. The van der Waals surface area contributed by atoms with Crippen LogP contribution in [0.1, 0.15) is 0 Å². The van der Waals surface area contributed by atoms with Gasteiger partial charge in [-0.1, -0.05) is 0 Å². The summed E-state index contributed by atoms with van der Waals surface area (Å²) >= 11 is 0. The van der Waals surface area contributed by atoms with Crippen LogP contribution in [0.3, 0.4) is 0 Å². The van der Waals surface area contributed by atoms with Crippen molar-refractivity contribution >= 4 is 5.97 Å². The molecule has 9 heteroatoms. The molecule has 0 amide bonds. The zero-order chi connectivity index (χ0) is 13.9. The monoisotopic (exact) mass is 268 g/mol. The molecule has 1 saturated heterocycles. The number of hydrogen-bond acceptors (Lipinski definition) is 9. The predicted molar refractivity (Wildman–Crippen MR) is 53.0 cm³/mol. The van der Waals surface area contributed by atoms with Crippen LogP contribution in [0.15, 0.2) is 0 Å². The Morgan fingerprint density at radius 3 is 2.28 bits per heavy atom. The molecule has 0 aromatic heterocycles. The maximum absolute atomic E-state index is 11.1. The fourth-order valence-electron chi connectivity index (χ4n) is 1.43. The quantitative estimate of drug-likeness (QED) is 0.277. The highest BCUT2D eigenvalue weighted by atomic mass is 16.7. The molecule has 1 rings (SSSR count). The van der Waals surface area contributed by atoms with E-state index in [1.165, 1.54) is 0 Å². The first-order valence-corrected chi connectivity index (χ1v) is 5.22. The van der Waals surface area contributed by atoms with Gasteiger partial charge in [-0.05, 0) is 0 Å². The first-order chi connectivity index (χ1) is 8.42. The molecule has 0 bridgehead atoms. The number of aliphatic hydroxyl groups is 6. The zero-order valence-corrected chi connectivity index (χ0v) is 9.29. The molecule has 6 N–H and O–H groups in total. The molecule has 0 spiro atoms. The molecule has 106 valence electrons. The van der Waals surface area contributed by atoms with E-state index < -0.39 is 56.0 Å². The minimum atomic E-state index is -1.81. The molecule has 0 aliphatic carbocycles. The summed E-state index contributed by atoms with van der Waals surface area (Å²) in [6.45, 7) is -1.54. The summed E-state index contributed by atoms with van der Waals surface area (Å²) < 4.78 is 9.35. The molecule has 0 saturated carbocycles. The standard InChI is InChI=1S/C9H16O9/c10-1-3(12)8(16)18-9-7(15)6(14)5(13)4(2-11)17-9/h3-7,9-15H,1-2H2/t3?,4-,5+,6+,7-,9+/m1/s1. The average Bonchev–Trinajstić information content (AvgIpc) is 2.38. The Balaban J connectivity index is 2.67. The summed E-state index contributed by atoms with van der Waals surface area (Å²) in [6, 6.07) is 0. The lowest BCUT2D eigenvalue weighted by Gasteiger charge is -2.39. The second-order valence-electron chi connectivity index (χ2n) is 3.83. The van der Waals surface area contributed by atoms with Gasteiger partial charge in [-0.15, -0.1) is 0 Å². The first-order valence-electron chi connectivity index (χ1n) is 5.22. The third kappa shape index (κ3) is 3.14. The summed E-state index contributed by atoms with van der Waals surface area (Å²) in [7, 11) is 0. The van der Waals surface area contributed by atoms with Crippen LogP contribution in [0.2, 0.25) is 0 Å². The zero-order valence-electron chi connectivity index (χ0n) is 9.29. The molecule has 1 aliphatic heterocycles. The highest BCUT2D eigenvalue weighted by Gasteiger charge is 2.45. The smallest absolute Gasteiger partial charge is 0.339 e. The topological polar surface area (TPSA) is 157 Å². The van der Waals surface area contributed by atoms with Gasteiger partial charge in [0.15, 0.2) is 6.10 Å². The number of rotatable bonds is 4. The molecule has 1 unspecified atom stereocenters. The number of hydrogen-bond donors (Lipinski definition) is 6. The van der Waals surface area contributed by atoms with E-state index in [0.717, 1.165) is 0 Å². The van der Waals surface area contributed by atoms with Crippen molar-refractivity contribution in [1.82, 2.24) is 0 Å². The van der Waals surface area contributed by atoms with Crippen molar-refractivity contribution in [2.24, 2.45) is 0 Å². The Bertz CT molecular complexity index is 281. The van der Waals surface area contributed by atoms with Gasteiger partial charge < -0.3 is 40.1 Å². The SMILES string of the molecule is O=C(O[C@@H]1O[C@H](CO)[C@H](O)[C@H](O)[C@H]1O)C(O)CO. The summed E-state index contributed by atoms with van der Waals surface area (Å²) in [5.41, 5.74) is 0. The second-order valence-corrected chi connectivity index (χ2v) is 3.83. The van der Waals surface area contributed by atoms with Crippen molar-refractivity contribution in [3.63, 3.8) is 0 Å². The van der Waals surface area contributed by atoms with Crippen LogP contribution < -0.4 is 0 Å². The van der Waals surface area contributed by atoms with E-state index in [-0.39, 0.29) is 0 Å². The fourth-order valence-corrected chi connectivity index (χ4v) is 1.43. The van der Waals surface area contributed by atoms with E-state index in [4.69, 9.17) is 20.1 Å². The number of aliphatic hydroxyl groups excluding tert-OH is 6. The van der Waals surface area contributed by atoms with Gasteiger partial charge in [0, 0.05) is 0 Å². The Kier molecular flexibility index (Phi) is 5.41. The van der Waals surface area contributed by atoms with Gasteiger partial charge in [-0.2, -0.15) is 0 Å². The largest absolute Gasteiger partial charge is 0.431 e. The third-order valence-corrected chi connectivity index (χ3v) is 2.53. The molecule has 1 heterocycles. The maximum atomic E-state index is 11.1. The predicted octanol–water partition coefficient (Wildman–Crippen LogP) is -4.32. The summed E-state index contributed by atoms with van der Waals surface area (Å²) in [6.07, 6.45) is -9.67. The van der Waals surface area contributed by atoms with Gasteiger partial charge in [0.1, 0.15) is 24.4 Å². The molecular weight excluding hydrogens is 252 g/mol. The highest BCUT2D eigenvalue weighted by Crippen LogP contribution is 2.22. The minimum Gasteiger partial charge on any atom is -0.431 e. The number of esters is 1.